The zero-order valence-corrected chi connectivity index (χ0v) is 26.4. The molecule has 3 aliphatic heterocycles. The summed E-state index contributed by atoms with van der Waals surface area (Å²) in [7, 11) is 3.33. The number of nitrogens with zero attached hydrogens (tertiary/aromatic N) is 4. The molecule has 3 aromatic carbocycles. The molecule has 3 amide bonds. The lowest BCUT2D eigenvalue weighted by atomic mass is 9.93. The summed E-state index contributed by atoms with van der Waals surface area (Å²) >= 11 is 20.3. The van der Waals surface area contributed by atoms with Gasteiger partial charge in [-0.15, -0.1) is 0 Å². The van der Waals surface area contributed by atoms with Crippen LogP contribution in [0.4, 0.5) is 16.2 Å². The Morgan fingerprint density at radius 1 is 0.976 bits per heavy atom. The highest BCUT2D eigenvalue weighted by Gasteiger charge is 2.44. The van der Waals surface area contributed by atoms with E-state index in [1.165, 1.54) is 16.2 Å². The molecule has 6 rings (SSSR count). The summed E-state index contributed by atoms with van der Waals surface area (Å²) in [6, 6.07) is 16.4. The minimum absolute atomic E-state index is 0.214. The number of urea groups is 1. The van der Waals surface area contributed by atoms with E-state index in [1.54, 1.807) is 26.2 Å². The lowest BCUT2D eigenvalue weighted by Gasteiger charge is -2.37. The normalized spacial score (nSPS) is 20.3. The largest absolute Gasteiger partial charge is 0.345 e. The molecule has 42 heavy (non-hydrogen) atoms. The second-order valence-electron chi connectivity index (χ2n) is 11.9. The fourth-order valence-electron chi connectivity index (χ4n) is 6.69. The maximum Gasteiger partial charge on any atom is 0.326 e. The van der Waals surface area contributed by atoms with Crippen molar-refractivity contribution in [3.63, 3.8) is 0 Å². The maximum absolute atomic E-state index is 13.5. The monoisotopic (exact) mass is 625 g/mol. The number of nitrogens with one attached hydrogen (secondary N) is 1. The summed E-state index contributed by atoms with van der Waals surface area (Å²) in [6.07, 6.45) is 1.18. The van der Waals surface area contributed by atoms with E-state index < -0.39 is 0 Å². The van der Waals surface area contributed by atoms with E-state index in [0.717, 1.165) is 41.9 Å². The molecule has 2 bridgehead atoms. The molecule has 0 aromatic heterocycles. The zero-order valence-electron chi connectivity index (χ0n) is 24.1. The first-order chi connectivity index (χ1) is 20.0. The summed E-state index contributed by atoms with van der Waals surface area (Å²) in [5.74, 6) is -0.229. The number of amides is 3. The molecule has 2 unspecified atom stereocenters. The van der Waals surface area contributed by atoms with Gasteiger partial charge in [0, 0.05) is 80.1 Å². The minimum atomic E-state index is -0.340. The fourth-order valence-corrected chi connectivity index (χ4v) is 7.58. The van der Waals surface area contributed by atoms with Crippen LogP contribution in [0.2, 0.25) is 15.1 Å². The van der Waals surface area contributed by atoms with Crippen LogP contribution in [0.15, 0.2) is 48.5 Å². The fraction of sp³-hybridized carbons (Fsp3) is 0.375. The molecule has 2 atom stereocenters. The summed E-state index contributed by atoms with van der Waals surface area (Å²) in [5.41, 5.74) is 5.24. The maximum atomic E-state index is 13.5. The lowest BCUT2D eigenvalue weighted by molar-refractivity contribution is 0.0827. The second-order valence-corrected chi connectivity index (χ2v) is 13.1. The Bertz CT molecular complexity index is 1550. The number of hydrogen-bond donors (Lipinski definition) is 1. The van der Waals surface area contributed by atoms with E-state index in [-0.39, 0.29) is 22.0 Å². The van der Waals surface area contributed by atoms with Crippen molar-refractivity contribution < 1.29 is 9.59 Å². The smallest absolute Gasteiger partial charge is 0.326 e. The molecule has 0 aliphatic carbocycles. The van der Waals surface area contributed by atoms with Crippen molar-refractivity contribution in [3.8, 4) is 11.1 Å². The summed E-state index contributed by atoms with van der Waals surface area (Å²) in [5, 5.41) is 4.05. The van der Waals surface area contributed by atoms with Gasteiger partial charge in [0.15, 0.2) is 0 Å². The number of fused-ring (bicyclic) bond motifs is 3. The number of hydrogen-bond acceptors (Lipinski definition) is 4. The molecular weight excluding hydrogens is 593 g/mol. The van der Waals surface area contributed by atoms with Crippen LogP contribution in [0.3, 0.4) is 0 Å². The van der Waals surface area contributed by atoms with Gasteiger partial charge in [0.1, 0.15) is 0 Å². The molecule has 2 fully saturated rings. The van der Waals surface area contributed by atoms with Gasteiger partial charge in [-0.05, 0) is 61.7 Å². The summed E-state index contributed by atoms with van der Waals surface area (Å²) in [4.78, 5) is 34.3. The number of rotatable bonds is 6. The Morgan fingerprint density at radius 3 is 2.31 bits per heavy atom. The van der Waals surface area contributed by atoms with E-state index >= 15 is 0 Å². The van der Waals surface area contributed by atoms with Crippen LogP contribution < -0.4 is 10.2 Å². The van der Waals surface area contributed by atoms with E-state index in [4.69, 9.17) is 34.8 Å². The predicted octanol–water partition coefficient (Wildman–Crippen LogP) is 7.04. The van der Waals surface area contributed by atoms with Crippen LogP contribution in [0.25, 0.3) is 11.1 Å². The van der Waals surface area contributed by atoms with E-state index in [1.807, 2.05) is 24.3 Å². The molecule has 3 aromatic rings. The van der Waals surface area contributed by atoms with Crippen LogP contribution in [0.1, 0.15) is 41.8 Å². The molecule has 3 heterocycles. The van der Waals surface area contributed by atoms with Gasteiger partial charge >= 0.3 is 6.03 Å². The molecule has 220 valence electrons. The van der Waals surface area contributed by atoms with Crippen molar-refractivity contribution in [3.05, 3.63) is 80.3 Å². The predicted molar refractivity (Wildman–Crippen MR) is 170 cm³/mol. The van der Waals surface area contributed by atoms with Crippen molar-refractivity contribution in [1.29, 1.82) is 0 Å². The number of piperazine rings is 1. The van der Waals surface area contributed by atoms with Crippen molar-refractivity contribution in [2.45, 2.75) is 51.5 Å². The number of halogens is 3. The molecule has 7 nitrogen and oxygen atoms in total. The van der Waals surface area contributed by atoms with Crippen LogP contribution in [0, 0.1) is 0 Å². The number of likely N-dealkylation sites (tertiary alicyclic amines) is 2. The molecule has 3 aliphatic rings. The zero-order chi connectivity index (χ0) is 29.9. The number of carbonyl (C=O) groups excluding carboxylic acids is 2. The third-order valence-electron chi connectivity index (χ3n) is 8.65. The van der Waals surface area contributed by atoms with Crippen LogP contribution in [-0.2, 0) is 13.1 Å². The van der Waals surface area contributed by atoms with Gasteiger partial charge in [0.2, 0.25) is 0 Å². The Labute approximate surface area is 261 Å². The van der Waals surface area contributed by atoms with Gasteiger partial charge in [-0.1, -0.05) is 53.0 Å². The van der Waals surface area contributed by atoms with Gasteiger partial charge in [0.05, 0.1) is 21.4 Å². The van der Waals surface area contributed by atoms with Gasteiger partial charge in [-0.2, -0.15) is 0 Å². The highest BCUT2D eigenvalue weighted by Crippen LogP contribution is 2.46. The Hall–Kier alpha value is -2.81. The quantitative estimate of drug-likeness (QED) is 0.319. The average Bonchev–Trinajstić information content (AvgIpc) is 3.54. The van der Waals surface area contributed by atoms with Crippen molar-refractivity contribution in [1.82, 2.24) is 20.0 Å². The SMILES string of the molecule is CC(C)N1CC2CC1CN2Cc1cc(-c2ccccc2Cl)c2c(c1)N(c1c(Cl)cc(C(=O)N(C)C)cc1Cl)C(=O)NC2. The molecule has 1 N–H and O–H groups in total. The molecule has 0 radical (unpaired) electrons. The summed E-state index contributed by atoms with van der Waals surface area (Å²) in [6.45, 7) is 7.71. The van der Waals surface area contributed by atoms with E-state index in [2.05, 4.69) is 41.1 Å². The Morgan fingerprint density at radius 2 is 1.69 bits per heavy atom. The first-order valence-electron chi connectivity index (χ1n) is 14.2. The van der Waals surface area contributed by atoms with E-state index in [9.17, 15) is 9.59 Å². The highest BCUT2D eigenvalue weighted by atomic mass is 35.5. The first kappa shape index (κ1) is 29.3. The minimum Gasteiger partial charge on any atom is -0.345 e. The van der Waals surface area contributed by atoms with Crippen LogP contribution in [-0.4, -0.2) is 71.9 Å². The van der Waals surface area contributed by atoms with Crippen LogP contribution >= 0.6 is 34.8 Å². The second kappa shape index (κ2) is 11.4. The Kier molecular flexibility index (Phi) is 7.92. The van der Waals surface area contributed by atoms with Crippen molar-refractivity contribution in [2.24, 2.45) is 0 Å². The number of carbonyl (C=O) groups is 2. The standard InChI is InChI=1S/C32H34Cl3N5O2/c1-18(2)39-17-21-13-22(39)16-38(21)15-19-9-24(23-7-5-6-8-26(23)33)25-14-36-32(42)40(29(25)10-19)30-27(34)11-20(12-28(30)35)31(41)37(3)4/h5-12,18,21-22H,13-17H2,1-4H3,(H,36,42). The van der Waals surface area contributed by atoms with Gasteiger partial charge in [-0.3, -0.25) is 19.5 Å². The lowest BCUT2D eigenvalue weighted by Crippen LogP contribution is -2.48. The van der Waals surface area contributed by atoms with E-state index in [0.29, 0.717) is 46.6 Å². The number of anilines is 2. The third-order valence-corrected chi connectivity index (χ3v) is 9.56. The van der Waals surface area contributed by atoms with Gasteiger partial charge in [0.25, 0.3) is 5.91 Å². The topological polar surface area (TPSA) is 59.1 Å². The molecule has 0 spiro atoms. The van der Waals surface area contributed by atoms with Crippen molar-refractivity contribution in [2.75, 3.05) is 32.1 Å². The van der Waals surface area contributed by atoms with Crippen molar-refractivity contribution >= 4 is 58.1 Å². The first-order valence-corrected chi connectivity index (χ1v) is 15.4. The van der Waals surface area contributed by atoms with Gasteiger partial charge < -0.3 is 10.2 Å². The molecule has 0 saturated carbocycles. The van der Waals surface area contributed by atoms with Gasteiger partial charge in [-0.25, -0.2) is 4.79 Å². The summed E-state index contributed by atoms with van der Waals surface area (Å²) < 4.78 is 0. The molecule has 2 saturated heterocycles. The molecular formula is C32H34Cl3N5O2. The average molecular weight is 627 g/mol. The van der Waals surface area contributed by atoms with Crippen LogP contribution in [0.5, 0.6) is 0 Å². The Balaban J connectivity index is 1.46. The third kappa shape index (κ3) is 5.16. The highest BCUT2D eigenvalue weighted by molar-refractivity contribution is 6.41. The number of benzene rings is 3. The molecule has 10 heteroatoms.